The first-order chi connectivity index (χ1) is 7.51. The second-order valence-electron chi connectivity index (χ2n) is 6.56. The zero-order valence-corrected chi connectivity index (χ0v) is 11.4. The van der Waals surface area contributed by atoms with Gasteiger partial charge in [0.2, 0.25) is 0 Å². The van der Waals surface area contributed by atoms with Crippen LogP contribution in [0.15, 0.2) is 0 Å². The van der Waals surface area contributed by atoms with Crippen LogP contribution >= 0.6 is 0 Å². The summed E-state index contributed by atoms with van der Waals surface area (Å²) in [5.74, 6) is 0. The molecule has 2 nitrogen and oxygen atoms in total. The monoisotopic (exact) mass is 224 g/mol. The predicted octanol–water partition coefficient (Wildman–Crippen LogP) is 2.64. The first kappa shape index (κ1) is 12.4. The van der Waals surface area contributed by atoms with E-state index in [4.69, 9.17) is 0 Å². The Kier molecular flexibility index (Phi) is 3.60. The quantitative estimate of drug-likeness (QED) is 0.793. The molecule has 1 spiro atoms. The van der Waals surface area contributed by atoms with E-state index in [1.165, 1.54) is 38.8 Å². The molecule has 0 aromatic heterocycles. The van der Waals surface area contributed by atoms with Crippen molar-refractivity contribution in [2.75, 3.05) is 13.1 Å². The van der Waals surface area contributed by atoms with E-state index in [9.17, 15) is 0 Å². The minimum atomic E-state index is 0.651. The van der Waals surface area contributed by atoms with E-state index in [0.717, 1.165) is 17.5 Å². The van der Waals surface area contributed by atoms with Crippen LogP contribution in [-0.4, -0.2) is 36.1 Å². The molecular formula is C14H28N2. The Labute approximate surface area is 101 Å². The number of hydrogen-bond acceptors (Lipinski definition) is 2. The van der Waals surface area contributed by atoms with E-state index in [1.807, 2.05) is 0 Å². The maximum absolute atomic E-state index is 3.67. The van der Waals surface area contributed by atoms with Gasteiger partial charge in [-0.3, -0.25) is 0 Å². The second kappa shape index (κ2) is 4.66. The maximum atomic E-state index is 3.67. The average molecular weight is 224 g/mol. The Balaban J connectivity index is 1.74. The van der Waals surface area contributed by atoms with E-state index in [1.54, 1.807) is 0 Å². The SMILES string of the molecule is CC(C)NC1CC2(CCN(C(C)C)CC2)C1. The van der Waals surface area contributed by atoms with Crippen LogP contribution in [0, 0.1) is 5.41 Å². The fourth-order valence-electron chi connectivity index (χ4n) is 3.50. The minimum Gasteiger partial charge on any atom is -0.312 e. The molecule has 1 saturated heterocycles. The number of piperidine rings is 1. The van der Waals surface area contributed by atoms with Crippen molar-refractivity contribution in [1.82, 2.24) is 10.2 Å². The predicted molar refractivity (Wildman–Crippen MR) is 69.7 cm³/mol. The lowest BCUT2D eigenvalue weighted by atomic mass is 9.60. The van der Waals surface area contributed by atoms with Crippen molar-refractivity contribution in [2.24, 2.45) is 5.41 Å². The molecule has 1 N–H and O–H groups in total. The Bertz CT molecular complexity index is 211. The van der Waals surface area contributed by atoms with Gasteiger partial charge in [0, 0.05) is 18.1 Å². The molecular weight excluding hydrogens is 196 g/mol. The third kappa shape index (κ3) is 2.60. The van der Waals surface area contributed by atoms with Gasteiger partial charge in [-0.05, 0) is 58.0 Å². The largest absolute Gasteiger partial charge is 0.312 e. The van der Waals surface area contributed by atoms with E-state index in [2.05, 4.69) is 37.9 Å². The van der Waals surface area contributed by atoms with Gasteiger partial charge in [0.1, 0.15) is 0 Å². The van der Waals surface area contributed by atoms with Crippen molar-refractivity contribution in [3.63, 3.8) is 0 Å². The van der Waals surface area contributed by atoms with Crippen molar-refractivity contribution in [2.45, 2.75) is 71.5 Å². The molecule has 0 amide bonds. The third-order valence-corrected chi connectivity index (χ3v) is 4.52. The van der Waals surface area contributed by atoms with Gasteiger partial charge in [-0.25, -0.2) is 0 Å². The summed E-state index contributed by atoms with van der Waals surface area (Å²) in [7, 11) is 0. The highest BCUT2D eigenvalue weighted by atomic mass is 15.2. The normalized spacial score (nSPS) is 26.6. The second-order valence-corrected chi connectivity index (χ2v) is 6.56. The fourth-order valence-corrected chi connectivity index (χ4v) is 3.50. The highest BCUT2D eigenvalue weighted by Crippen LogP contribution is 2.49. The molecule has 1 heterocycles. The van der Waals surface area contributed by atoms with Crippen molar-refractivity contribution in [3.8, 4) is 0 Å². The molecule has 0 radical (unpaired) electrons. The average Bonchev–Trinajstić information content (AvgIpc) is 2.15. The standard InChI is InChI=1S/C14H28N2/c1-11(2)15-13-9-14(10-13)5-7-16(8-6-14)12(3)4/h11-13,15H,5-10H2,1-4H3. The van der Waals surface area contributed by atoms with Crippen LogP contribution in [0.4, 0.5) is 0 Å². The lowest BCUT2D eigenvalue weighted by Gasteiger charge is -2.53. The van der Waals surface area contributed by atoms with Crippen molar-refractivity contribution >= 4 is 0 Å². The molecule has 0 unspecified atom stereocenters. The summed E-state index contributed by atoms with van der Waals surface area (Å²) in [6, 6.07) is 2.20. The van der Waals surface area contributed by atoms with Crippen LogP contribution < -0.4 is 5.32 Å². The highest BCUT2D eigenvalue weighted by molar-refractivity contribution is 5.00. The number of nitrogens with zero attached hydrogens (tertiary/aromatic N) is 1. The summed E-state index contributed by atoms with van der Waals surface area (Å²) in [5.41, 5.74) is 0.720. The van der Waals surface area contributed by atoms with Crippen LogP contribution in [0.3, 0.4) is 0 Å². The first-order valence-electron chi connectivity index (χ1n) is 7.01. The molecule has 2 rings (SSSR count). The number of rotatable bonds is 3. The lowest BCUT2D eigenvalue weighted by Crippen LogP contribution is -2.55. The summed E-state index contributed by atoms with van der Waals surface area (Å²) < 4.78 is 0. The molecule has 1 saturated carbocycles. The lowest BCUT2D eigenvalue weighted by molar-refractivity contribution is -0.00461. The van der Waals surface area contributed by atoms with Crippen molar-refractivity contribution in [3.05, 3.63) is 0 Å². The van der Waals surface area contributed by atoms with Crippen molar-refractivity contribution < 1.29 is 0 Å². The summed E-state index contributed by atoms with van der Waals surface area (Å²) in [4.78, 5) is 2.63. The zero-order chi connectivity index (χ0) is 11.8. The number of hydrogen-bond donors (Lipinski definition) is 1. The highest BCUT2D eigenvalue weighted by Gasteiger charge is 2.45. The first-order valence-corrected chi connectivity index (χ1v) is 7.01. The van der Waals surface area contributed by atoms with Gasteiger partial charge in [-0.1, -0.05) is 13.8 Å². The summed E-state index contributed by atoms with van der Waals surface area (Å²) in [6.07, 6.45) is 5.72. The van der Waals surface area contributed by atoms with E-state index in [0.29, 0.717) is 6.04 Å². The molecule has 0 atom stereocenters. The van der Waals surface area contributed by atoms with E-state index >= 15 is 0 Å². The Morgan fingerprint density at radius 3 is 2.06 bits per heavy atom. The molecule has 94 valence electrons. The van der Waals surface area contributed by atoms with Crippen LogP contribution in [0.25, 0.3) is 0 Å². The molecule has 2 aliphatic rings. The van der Waals surface area contributed by atoms with Crippen LogP contribution in [0.2, 0.25) is 0 Å². The van der Waals surface area contributed by atoms with Gasteiger partial charge in [-0.2, -0.15) is 0 Å². The summed E-state index contributed by atoms with van der Waals surface area (Å²) in [6.45, 7) is 11.8. The van der Waals surface area contributed by atoms with Crippen LogP contribution in [0.1, 0.15) is 53.4 Å². The molecule has 2 fully saturated rings. The number of likely N-dealkylation sites (tertiary alicyclic amines) is 1. The van der Waals surface area contributed by atoms with E-state index < -0.39 is 0 Å². The summed E-state index contributed by atoms with van der Waals surface area (Å²) in [5, 5.41) is 3.67. The van der Waals surface area contributed by atoms with E-state index in [-0.39, 0.29) is 0 Å². The molecule has 0 aromatic rings. The van der Waals surface area contributed by atoms with Gasteiger partial charge < -0.3 is 10.2 Å². The molecule has 0 bridgehead atoms. The summed E-state index contributed by atoms with van der Waals surface area (Å²) >= 11 is 0. The molecule has 16 heavy (non-hydrogen) atoms. The minimum absolute atomic E-state index is 0.651. The van der Waals surface area contributed by atoms with Gasteiger partial charge in [-0.15, -0.1) is 0 Å². The molecule has 2 heteroatoms. The third-order valence-electron chi connectivity index (χ3n) is 4.52. The molecule has 1 aliphatic heterocycles. The van der Waals surface area contributed by atoms with Gasteiger partial charge >= 0.3 is 0 Å². The molecule has 1 aliphatic carbocycles. The van der Waals surface area contributed by atoms with Crippen molar-refractivity contribution in [1.29, 1.82) is 0 Å². The van der Waals surface area contributed by atoms with Gasteiger partial charge in [0.15, 0.2) is 0 Å². The van der Waals surface area contributed by atoms with Crippen LogP contribution in [-0.2, 0) is 0 Å². The van der Waals surface area contributed by atoms with Gasteiger partial charge in [0.05, 0.1) is 0 Å². The fraction of sp³-hybridized carbons (Fsp3) is 1.00. The Hall–Kier alpha value is -0.0800. The maximum Gasteiger partial charge on any atom is 0.00800 e. The Morgan fingerprint density at radius 2 is 1.62 bits per heavy atom. The van der Waals surface area contributed by atoms with Crippen LogP contribution in [0.5, 0.6) is 0 Å². The smallest absolute Gasteiger partial charge is 0.00800 e. The Morgan fingerprint density at radius 1 is 1.06 bits per heavy atom. The zero-order valence-electron chi connectivity index (χ0n) is 11.4. The molecule has 0 aromatic carbocycles. The van der Waals surface area contributed by atoms with Gasteiger partial charge in [0.25, 0.3) is 0 Å². The topological polar surface area (TPSA) is 15.3 Å². The number of nitrogens with one attached hydrogen (secondary N) is 1.